The molecular formula is C25H31F3NO8PS. The highest BCUT2D eigenvalue weighted by atomic mass is 32.2. The molecule has 0 aromatic heterocycles. The number of carbonyl (C=O) groups excluding carboxylic acids is 2. The average Bonchev–Trinajstić information content (AvgIpc) is 2.89. The summed E-state index contributed by atoms with van der Waals surface area (Å²) < 4.78 is 70.1. The first kappa shape index (κ1) is 32.8. The van der Waals surface area contributed by atoms with Crippen molar-refractivity contribution in [2.24, 2.45) is 0 Å². The predicted octanol–water partition coefficient (Wildman–Crippen LogP) is 5.54. The van der Waals surface area contributed by atoms with Gasteiger partial charge >= 0.3 is 15.0 Å². The van der Waals surface area contributed by atoms with E-state index < -0.39 is 32.1 Å². The van der Waals surface area contributed by atoms with E-state index in [0.29, 0.717) is 37.4 Å². The van der Waals surface area contributed by atoms with E-state index in [2.05, 4.69) is 10.1 Å². The van der Waals surface area contributed by atoms with E-state index in [4.69, 9.17) is 23.0 Å². The van der Waals surface area contributed by atoms with Gasteiger partial charge < -0.3 is 23.3 Å². The van der Waals surface area contributed by atoms with E-state index in [1.165, 1.54) is 30.0 Å². The molecule has 0 heterocycles. The summed E-state index contributed by atoms with van der Waals surface area (Å²) >= 11 is 1.32. The number of rotatable bonds is 18. The van der Waals surface area contributed by atoms with E-state index in [0.717, 1.165) is 5.56 Å². The maximum Gasteiger partial charge on any atom is 0.573 e. The number of amides is 2. The van der Waals surface area contributed by atoms with Gasteiger partial charge in [-0.05, 0) is 61.9 Å². The fraction of sp³-hybridized carbons (Fsp3) is 0.440. The Labute approximate surface area is 230 Å². The zero-order chi connectivity index (χ0) is 28.7. The molecule has 2 aromatic carbocycles. The lowest BCUT2D eigenvalue weighted by Crippen LogP contribution is -2.32. The quantitative estimate of drug-likeness (QED) is 0.136. The summed E-state index contributed by atoms with van der Waals surface area (Å²) in [5.74, 6) is -0.305. The van der Waals surface area contributed by atoms with Gasteiger partial charge in [0.2, 0.25) is 12.3 Å². The maximum absolute atomic E-state index is 12.7. The summed E-state index contributed by atoms with van der Waals surface area (Å²) in [6.45, 7) is 3.98. The van der Waals surface area contributed by atoms with Gasteiger partial charge in [-0.1, -0.05) is 24.3 Å². The second-order valence-corrected chi connectivity index (χ2v) is 9.85. The minimum atomic E-state index is -4.84. The summed E-state index contributed by atoms with van der Waals surface area (Å²) in [6, 6.07) is 12.4. The molecule has 0 aliphatic heterocycles. The molecule has 9 nitrogen and oxygen atoms in total. The zero-order valence-corrected chi connectivity index (χ0v) is 23.4. The molecule has 14 heteroatoms. The van der Waals surface area contributed by atoms with Crippen molar-refractivity contribution in [1.82, 2.24) is 5.32 Å². The molecule has 0 aliphatic carbocycles. The van der Waals surface area contributed by atoms with E-state index >= 15 is 0 Å². The summed E-state index contributed by atoms with van der Waals surface area (Å²) in [7, 11) is -1.65. The summed E-state index contributed by atoms with van der Waals surface area (Å²) in [4.78, 5) is 22.5. The normalized spacial score (nSPS) is 13.1. The number of alkyl halides is 3. The van der Waals surface area contributed by atoms with E-state index in [9.17, 15) is 22.8 Å². The Morgan fingerprint density at radius 3 is 2.33 bits per heavy atom. The van der Waals surface area contributed by atoms with Crippen LogP contribution in [-0.2, 0) is 34.3 Å². The first-order valence-corrected chi connectivity index (χ1v) is 14.2. The number of benzene rings is 2. The van der Waals surface area contributed by atoms with Crippen LogP contribution in [0.25, 0.3) is 0 Å². The lowest BCUT2D eigenvalue weighted by Gasteiger charge is -2.21. The smallest absolute Gasteiger partial charge is 0.491 e. The van der Waals surface area contributed by atoms with Gasteiger partial charge in [-0.15, -0.1) is 13.2 Å². The van der Waals surface area contributed by atoms with Crippen LogP contribution in [0.5, 0.6) is 11.5 Å². The fourth-order valence-electron chi connectivity index (χ4n) is 3.17. The molecule has 0 saturated carbocycles. The van der Waals surface area contributed by atoms with Crippen LogP contribution in [0.15, 0.2) is 48.5 Å². The van der Waals surface area contributed by atoms with E-state index in [-0.39, 0.29) is 19.3 Å². The Bertz CT molecular complexity index is 1010. The van der Waals surface area contributed by atoms with Crippen LogP contribution in [0.4, 0.5) is 13.2 Å². The minimum absolute atomic E-state index is 0.0610. The van der Waals surface area contributed by atoms with Gasteiger partial charge in [0.1, 0.15) is 24.2 Å². The summed E-state index contributed by atoms with van der Waals surface area (Å²) in [5.41, 5.74) is 1.22. The number of ether oxygens (including phenoxy) is 3. The van der Waals surface area contributed by atoms with Gasteiger partial charge in [-0.3, -0.25) is 19.4 Å². The molecule has 2 rings (SSSR count). The molecule has 2 aromatic rings. The van der Waals surface area contributed by atoms with Crippen LogP contribution in [0.3, 0.4) is 0 Å². The monoisotopic (exact) mass is 593 g/mol. The predicted molar refractivity (Wildman–Crippen MR) is 140 cm³/mol. The average molecular weight is 594 g/mol. The Balaban J connectivity index is 2.10. The van der Waals surface area contributed by atoms with Gasteiger partial charge in [0.25, 0.3) is 0 Å². The summed E-state index contributed by atoms with van der Waals surface area (Å²) in [5, 5.41) is 1.72. The minimum Gasteiger partial charge on any atom is -0.491 e. The van der Waals surface area contributed by atoms with Gasteiger partial charge in [-0.2, -0.15) is 11.8 Å². The van der Waals surface area contributed by atoms with Crippen molar-refractivity contribution in [2.45, 2.75) is 38.0 Å². The number of carbonyl (C=O) groups is 2. The van der Waals surface area contributed by atoms with Crippen molar-refractivity contribution in [3.63, 3.8) is 0 Å². The molecule has 0 aliphatic rings. The molecule has 0 radical (unpaired) electrons. The number of hydrogen-bond acceptors (Lipinski definition) is 9. The van der Waals surface area contributed by atoms with Gasteiger partial charge in [0.05, 0.1) is 18.5 Å². The Morgan fingerprint density at radius 1 is 1.05 bits per heavy atom. The molecule has 0 saturated heterocycles. The van der Waals surface area contributed by atoms with E-state index in [1.54, 1.807) is 50.4 Å². The number of thioether (sulfide) groups is 1. The number of halogens is 3. The van der Waals surface area contributed by atoms with E-state index in [1.807, 2.05) is 0 Å². The Hall–Kier alpha value is -2.41. The van der Waals surface area contributed by atoms with Crippen LogP contribution >= 0.6 is 20.4 Å². The highest BCUT2D eigenvalue weighted by Crippen LogP contribution is 2.39. The van der Waals surface area contributed by atoms with Gasteiger partial charge in [-0.25, -0.2) is 0 Å². The molecule has 2 unspecified atom stereocenters. The van der Waals surface area contributed by atoms with Gasteiger partial charge in [0.15, 0.2) is 6.79 Å². The van der Waals surface area contributed by atoms with Crippen molar-refractivity contribution in [3.8, 4) is 11.5 Å². The third-order valence-corrected chi connectivity index (χ3v) is 7.09. The SMILES string of the molecule is CCOP(OCC)OCOC(COc1ccc(CC(SC)C(=O)NC=O)cc1)c1cccc(OC(F)(F)F)c1. The number of imide groups is 1. The molecule has 0 spiro atoms. The molecule has 0 bridgehead atoms. The third kappa shape index (κ3) is 12.5. The maximum atomic E-state index is 12.7. The first-order chi connectivity index (χ1) is 18.7. The lowest BCUT2D eigenvalue weighted by atomic mass is 10.1. The van der Waals surface area contributed by atoms with Crippen molar-refractivity contribution in [3.05, 3.63) is 59.7 Å². The number of hydrogen-bond donors (Lipinski definition) is 1. The summed E-state index contributed by atoms with van der Waals surface area (Å²) in [6.07, 6.45) is -3.14. The Morgan fingerprint density at radius 2 is 1.74 bits per heavy atom. The molecule has 2 atom stereocenters. The van der Waals surface area contributed by atoms with Gasteiger partial charge in [0, 0.05) is 0 Å². The van der Waals surface area contributed by atoms with Crippen molar-refractivity contribution in [1.29, 1.82) is 0 Å². The van der Waals surface area contributed by atoms with Crippen LogP contribution in [-0.4, -0.2) is 56.8 Å². The lowest BCUT2D eigenvalue weighted by molar-refractivity contribution is -0.274. The molecule has 2 amide bonds. The fourth-order valence-corrected chi connectivity index (χ4v) is 4.61. The van der Waals surface area contributed by atoms with Crippen LogP contribution in [0.2, 0.25) is 0 Å². The highest BCUT2D eigenvalue weighted by Gasteiger charge is 2.31. The van der Waals surface area contributed by atoms with Crippen LogP contribution in [0.1, 0.15) is 31.1 Å². The number of nitrogens with one attached hydrogen (secondary N) is 1. The molecule has 0 fully saturated rings. The molecular weight excluding hydrogens is 562 g/mol. The standard InChI is InChI=1S/C25H31F3NO8PS/c1-4-34-38(35-5-2)36-17-33-22(19-7-6-8-21(14-19)37-25(26,27)28)15-32-20-11-9-18(10-12-20)13-23(39-3)24(31)29-16-30/h6-12,14,16,22-23H,4-5,13,15,17H2,1-3H3,(H,29,30,31). The topological polar surface area (TPSA) is 102 Å². The zero-order valence-electron chi connectivity index (χ0n) is 21.6. The van der Waals surface area contributed by atoms with Crippen molar-refractivity contribution < 1.29 is 50.5 Å². The van der Waals surface area contributed by atoms with Crippen LogP contribution in [0, 0.1) is 0 Å². The largest absolute Gasteiger partial charge is 0.573 e. The molecule has 216 valence electrons. The van der Waals surface area contributed by atoms with Crippen molar-refractivity contribution >= 4 is 32.7 Å². The van der Waals surface area contributed by atoms with Crippen LogP contribution < -0.4 is 14.8 Å². The first-order valence-electron chi connectivity index (χ1n) is 11.8. The second-order valence-electron chi connectivity index (χ2n) is 7.59. The highest BCUT2D eigenvalue weighted by molar-refractivity contribution is 7.99. The van der Waals surface area contributed by atoms with Crippen molar-refractivity contribution in [2.75, 3.05) is 32.9 Å². The third-order valence-electron chi connectivity index (χ3n) is 4.88. The molecule has 39 heavy (non-hydrogen) atoms. The molecule has 1 N–H and O–H groups in total. The second kappa shape index (κ2) is 17.3. The Kier molecular flexibility index (Phi) is 14.6.